The van der Waals surface area contributed by atoms with Crippen LogP contribution in [0.4, 0.5) is 21.4 Å². The fraction of sp³-hybridized carbons (Fsp3) is 0.208. The van der Waals surface area contributed by atoms with Crippen LogP contribution in [0, 0.1) is 6.92 Å². The molecular weight excluding hydrogens is 1000 g/mol. The van der Waals surface area contributed by atoms with Crippen molar-refractivity contribution in [3.8, 4) is 5.75 Å². The fourth-order valence-electron chi connectivity index (χ4n) is 7.19. The van der Waals surface area contributed by atoms with Gasteiger partial charge in [-0.05, 0) is 144 Å². The van der Waals surface area contributed by atoms with Crippen molar-refractivity contribution in [3.63, 3.8) is 0 Å². The number of carbonyl (C=O) groups excluding carboxylic acids is 4. The molecule has 2 amide bonds. The average Bonchev–Trinajstić information content (AvgIpc) is 3.92. The van der Waals surface area contributed by atoms with Gasteiger partial charge >= 0.3 is 0 Å². The Morgan fingerprint density at radius 1 is 0.658 bits per heavy atom. The van der Waals surface area contributed by atoms with Crippen LogP contribution >= 0.6 is 47.1 Å². The van der Waals surface area contributed by atoms with Crippen LogP contribution in [0.15, 0.2) is 127 Å². The monoisotopic (exact) mass is 1060 g/mol. The highest BCUT2D eigenvalue weighted by atomic mass is 32.1. The van der Waals surface area contributed by atoms with E-state index in [1.54, 1.807) is 80.4 Å². The number of anilines is 4. The van der Waals surface area contributed by atoms with Crippen LogP contribution < -0.4 is 37.7 Å². The van der Waals surface area contributed by atoms with Crippen molar-refractivity contribution >= 4 is 102 Å². The standard InChI is InChI=1S/C30H31N5O4S2.C23H25N5O2S2/c1-19-26(18-39-17-21-6-12-25(38-3)13-7-21)41-29(34-30(40)35(31)16-22-5-4-14-32-15-22)27(19)28(37)23-8-10-24(11-9-23)33-20(2)36;1-3-5-18-14-32-22(27-23(31)28(24)13-16-6-4-11-25-12-16)20(18)21(30)17-7-9-19(10-8-17)26-15(2)29/h4-15H,16-18,31H2,1-3H3,(H,33,36)(H,34,40);4,6-12,14H,3,5,13,24H2,1-2H3,(H,26,29)(H,27,31). The molecular formula is C53H56N10O6S4. The van der Waals surface area contributed by atoms with Gasteiger partial charge in [0.25, 0.3) is 0 Å². The molecule has 8 N–H and O–H groups in total. The Balaban J connectivity index is 0.000000246. The summed E-state index contributed by atoms with van der Waals surface area (Å²) in [5.74, 6) is 12.5. The minimum absolute atomic E-state index is 0.106. The van der Waals surface area contributed by atoms with Crippen LogP contribution in [0.5, 0.6) is 5.75 Å². The lowest BCUT2D eigenvalue weighted by atomic mass is 9.99. The van der Waals surface area contributed by atoms with E-state index >= 15 is 0 Å². The first-order chi connectivity index (χ1) is 35.1. The molecule has 4 aromatic heterocycles. The van der Waals surface area contributed by atoms with Crippen molar-refractivity contribution < 1.29 is 28.7 Å². The SMILES string of the molecule is CCCc1csc(NC(=S)N(N)Cc2cccnc2)c1C(=O)c1ccc(NC(C)=O)cc1.COc1ccc(COCc2sc(NC(=S)N(N)Cc3cccnc3)c(C(=O)c3ccc(NC(C)=O)cc3)c2C)cc1. The van der Waals surface area contributed by atoms with Gasteiger partial charge in [0.2, 0.25) is 11.8 Å². The number of aromatic nitrogens is 2. The molecule has 378 valence electrons. The molecule has 3 aromatic carbocycles. The molecule has 16 nitrogen and oxygen atoms in total. The van der Waals surface area contributed by atoms with E-state index in [1.165, 1.54) is 46.5 Å². The number of hydrogen-bond acceptors (Lipinski definition) is 14. The molecule has 7 rings (SSSR count). The third kappa shape index (κ3) is 15.8. The van der Waals surface area contributed by atoms with E-state index in [1.807, 2.05) is 60.8 Å². The van der Waals surface area contributed by atoms with E-state index in [9.17, 15) is 19.2 Å². The Kier molecular flexibility index (Phi) is 20.3. The number of ether oxygens (including phenoxy) is 2. The predicted octanol–water partition coefficient (Wildman–Crippen LogP) is 9.80. The number of hydrogen-bond donors (Lipinski definition) is 6. The zero-order valence-electron chi connectivity index (χ0n) is 40.9. The van der Waals surface area contributed by atoms with Gasteiger partial charge in [-0.25, -0.2) is 11.7 Å². The number of rotatable bonds is 19. The highest BCUT2D eigenvalue weighted by Gasteiger charge is 2.25. The van der Waals surface area contributed by atoms with Crippen LogP contribution in [0.25, 0.3) is 0 Å². The van der Waals surface area contributed by atoms with Crippen LogP contribution in [0.3, 0.4) is 0 Å². The summed E-state index contributed by atoms with van der Waals surface area (Å²) in [7, 11) is 1.63. The summed E-state index contributed by atoms with van der Waals surface area (Å²) in [5.41, 5.74) is 7.92. The molecule has 7 aromatic rings. The number of thiocarbonyl (C=S) groups is 2. The molecule has 0 aliphatic heterocycles. The van der Waals surface area contributed by atoms with E-state index in [0.29, 0.717) is 75.0 Å². The van der Waals surface area contributed by atoms with Crippen LogP contribution in [-0.2, 0) is 47.1 Å². The number of nitrogens with two attached hydrogens (primary N) is 2. The van der Waals surface area contributed by atoms with E-state index in [4.69, 9.17) is 45.6 Å². The highest BCUT2D eigenvalue weighted by molar-refractivity contribution is 7.80. The number of pyridine rings is 2. The van der Waals surface area contributed by atoms with Gasteiger partial charge in [-0.2, -0.15) is 0 Å². The van der Waals surface area contributed by atoms with Crippen molar-refractivity contribution in [3.05, 3.63) is 182 Å². The topological polar surface area (TPSA) is 219 Å². The largest absolute Gasteiger partial charge is 0.497 e. The maximum Gasteiger partial charge on any atom is 0.221 e. The number of ketones is 2. The van der Waals surface area contributed by atoms with Gasteiger partial charge in [-0.1, -0.05) is 37.6 Å². The number of amides is 2. The Hall–Kier alpha value is -7.30. The first kappa shape index (κ1) is 55.0. The van der Waals surface area contributed by atoms with E-state index < -0.39 is 0 Å². The molecule has 0 aliphatic rings. The summed E-state index contributed by atoms with van der Waals surface area (Å²) in [5, 5.41) is 18.4. The van der Waals surface area contributed by atoms with E-state index in [2.05, 4.69) is 38.2 Å². The molecule has 0 saturated heterocycles. The Bertz CT molecular complexity index is 3010. The molecule has 0 atom stereocenters. The lowest BCUT2D eigenvalue weighted by molar-refractivity contribution is -0.115. The molecule has 0 spiro atoms. The molecule has 20 heteroatoms. The molecule has 0 fully saturated rings. The molecule has 0 saturated carbocycles. The van der Waals surface area contributed by atoms with Crippen molar-refractivity contribution in [2.45, 2.75) is 66.8 Å². The van der Waals surface area contributed by atoms with Crippen molar-refractivity contribution in [2.75, 3.05) is 28.4 Å². The van der Waals surface area contributed by atoms with Crippen LogP contribution in [-0.4, -0.2) is 60.7 Å². The summed E-state index contributed by atoms with van der Waals surface area (Å²) < 4.78 is 11.2. The number of aryl methyl sites for hydroxylation is 1. The number of methoxy groups -OCH3 is 1. The highest BCUT2D eigenvalue weighted by Crippen LogP contribution is 2.36. The number of carbonyl (C=O) groups is 4. The summed E-state index contributed by atoms with van der Waals surface area (Å²) in [6, 6.07) is 28.8. The Morgan fingerprint density at radius 3 is 1.63 bits per heavy atom. The molecule has 0 radical (unpaired) electrons. The molecule has 0 bridgehead atoms. The number of thiophene rings is 2. The van der Waals surface area contributed by atoms with Gasteiger partial charge < -0.3 is 30.7 Å². The van der Waals surface area contributed by atoms with Gasteiger partial charge in [0.05, 0.1) is 44.5 Å². The molecule has 4 heterocycles. The quantitative estimate of drug-likeness (QED) is 0.0192. The number of benzene rings is 3. The summed E-state index contributed by atoms with van der Waals surface area (Å²) in [4.78, 5) is 58.9. The van der Waals surface area contributed by atoms with Crippen molar-refractivity contribution in [1.82, 2.24) is 20.0 Å². The van der Waals surface area contributed by atoms with Gasteiger partial charge in [0.1, 0.15) is 15.8 Å². The second-order valence-electron chi connectivity index (χ2n) is 16.4. The van der Waals surface area contributed by atoms with Crippen molar-refractivity contribution in [2.24, 2.45) is 11.7 Å². The van der Waals surface area contributed by atoms with Gasteiger partial charge in [-0.15, -0.1) is 22.7 Å². The minimum atomic E-state index is -0.186. The smallest absolute Gasteiger partial charge is 0.221 e. The fourth-order valence-corrected chi connectivity index (χ4v) is 9.79. The van der Waals surface area contributed by atoms with E-state index in [0.717, 1.165) is 51.3 Å². The Morgan fingerprint density at radius 2 is 1.16 bits per heavy atom. The maximum absolute atomic E-state index is 13.8. The van der Waals surface area contributed by atoms with Gasteiger partial charge in [0.15, 0.2) is 21.8 Å². The van der Waals surface area contributed by atoms with E-state index in [-0.39, 0.29) is 28.5 Å². The van der Waals surface area contributed by atoms with Gasteiger partial charge in [-0.3, -0.25) is 39.2 Å². The second-order valence-corrected chi connectivity index (χ2v) is 19.2. The molecule has 73 heavy (non-hydrogen) atoms. The number of nitrogens with zero attached hydrogens (tertiary/aromatic N) is 4. The summed E-state index contributed by atoms with van der Waals surface area (Å²) in [6.45, 7) is 8.28. The lowest BCUT2D eigenvalue weighted by Crippen LogP contribution is -2.39. The summed E-state index contributed by atoms with van der Waals surface area (Å²) in [6.07, 6.45) is 8.52. The molecule has 0 unspecified atom stereocenters. The number of hydrazine groups is 2. The van der Waals surface area contributed by atoms with Crippen LogP contribution in [0.1, 0.15) is 91.7 Å². The molecule has 0 aliphatic carbocycles. The normalized spacial score (nSPS) is 10.6. The third-order valence-corrected chi connectivity index (χ3v) is 13.6. The average molecular weight is 1060 g/mol. The first-order valence-corrected chi connectivity index (χ1v) is 25.4. The maximum atomic E-state index is 13.8. The first-order valence-electron chi connectivity index (χ1n) is 22.9. The zero-order valence-corrected chi connectivity index (χ0v) is 44.2. The predicted molar refractivity (Wildman–Crippen MR) is 298 cm³/mol. The van der Waals surface area contributed by atoms with Crippen LogP contribution in [0.2, 0.25) is 0 Å². The number of nitrogens with one attached hydrogen (secondary N) is 4. The van der Waals surface area contributed by atoms with Gasteiger partial charge in [0, 0.05) is 66.0 Å². The second kappa shape index (κ2) is 26.9. The lowest BCUT2D eigenvalue weighted by Gasteiger charge is -2.20. The minimum Gasteiger partial charge on any atom is -0.497 e. The third-order valence-electron chi connectivity index (χ3n) is 10.8. The summed E-state index contributed by atoms with van der Waals surface area (Å²) >= 11 is 13.9. The van der Waals surface area contributed by atoms with Crippen molar-refractivity contribution in [1.29, 1.82) is 0 Å². The Labute approximate surface area is 443 Å². The zero-order chi connectivity index (χ0) is 52.4.